The molecule has 0 aromatic heterocycles. The van der Waals surface area contributed by atoms with E-state index in [1.807, 2.05) is 0 Å². The highest BCUT2D eigenvalue weighted by molar-refractivity contribution is 7.90. The molecule has 1 aliphatic rings. The van der Waals surface area contributed by atoms with Gasteiger partial charge in [0.25, 0.3) is 0 Å². The predicted molar refractivity (Wildman–Crippen MR) is 41.8 cm³/mol. The second-order valence-corrected chi connectivity index (χ2v) is 4.74. The molecule has 1 rings (SSSR count). The zero-order valence-electron chi connectivity index (χ0n) is 6.70. The highest BCUT2D eigenvalue weighted by atomic mass is 32.2. The van der Waals surface area contributed by atoms with E-state index in [-0.39, 0.29) is 11.4 Å². The van der Waals surface area contributed by atoms with Crippen LogP contribution in [-0.4, -0.2) is 33.9 Å². The van der Waals surface area contributed by atoms with Gasteiger partial charge in [-0.3, -0.25) is 0 Å². The monoisotopic (exact) mass is 179 g/mol. The zero-order chi connectivity index (χ0) is 8.48. The predicted octanol–water partition coefficient (Wildman–Crippen LogP) is -0.287. The third kappa shape index (κ3) is 1.55. The summed E-state index contributed by atoms with van der Waals surface area (Å²) in [5, 5.41) is -0.336. The van der Waals surface area contributed by atoms with Crippen LogP contribution in [0.5, 0.6) is 0 Å². The molecule has 0 aromatic carbocycles. The molecule has 0 aliphatic heterocycles. The van der Waals surface area contributed by atoms with Gasteiger partial charge in [-0.25, -0.2) is 13.1 Å². The summed E-state index contributed by atoms with van der Waals surface area (Å²) in [6.07, 6.45) is 1.46. The Morgan fingerprint density at radius 2 is 2.09 bits per heavy atom. The maximum atomic E-state index is 11.2. The van der Waals surface area contributed by atoms with Gasteiger partial charge in [-0.05, 0) is 19.9 Å². The van der Waals surface area contributed by atoms with Crippen LogP contribution in [0, 0.1) is 0 Å². The molecule has 0 amide bonds. The first-order valence-electron chi connectivity index (χ1n) is 3.57. The van der Waals surface area contributed by atoms with Crippen molar-refractivity contribution in [3.05, 3.63) is 0 Å². The Hall–Kier alpha value is -0.130. The first-order chi connectivity index (χ1) is 5.11. The molecule has 1 N–H and O–H groups in total. The van der Waals surface area contributed by atoms with Crippen LogP contribution in [0.4, 0.5) is 0 Å². The van der Waals surface area contributed by atoms with Crippen LogP contribution in [0.3, 0.4) is 0 Å². The van der Waals surface area contributed by atoms with Crippen LogP contribution < -0.4 is 4.72 Å². The molecular weight excluding hydrogens is 166 g/mol. The van der Waals surface area contributed by atoms with Crippen molar-refractivity contribution in [3.63, 3.8) is 0 Å². The number of ether oxygens (including phenoxy) is 1. The van der Waals surface area contributed by atoms with Crippen molar-refractivity contribution in [1.82, 2.24) is 4.72 Å². The second kappa shape index (κ2) is 3.08. The molecule has 1 fully saturated rings. The van der Waals surface area contributed by atoms with Gasteiger partial charge in [-0.1, -0.05) is 0 Å². The summed E-state index contributed by atoms with van der Waals surface area (Å²) in [6.45, 7) is 0. The lowest BCUT2D eigenvalue weighted by Crippen LogP contribution is -2.48. The van der Waals surface area contributed by atoms with E-state index in [4.69, 9.17) is 4.74 Å². The number of hydrogen-bond acceptors (Lipinski definition) is 3. The third-order valence-corrected chi connectivity index (χ3v) is 4.04. The van der Waals surface area contributed by atoms with Gasteiger partial charge in [0.2, 0.25) is 10.0 Å². The number of rotatable bonds is 3. The quantitative estimate of drug-likeness (QED) is 0.648. The van der Waals surface area contributed by atoms with Gasteiger partial charge in [0, 0.05) is 7.11 Å². The average molecular weight is 179 g/mol. The summed E-state index contributed by atoms with van der Waals surface area (Å²) < 4.78 is 29.6. The van der Waals surface area contributed by atoms with Gasteiger partial charge in [0.1, 0.15) is 5.25 Å². The zero-order valence-corrected chi connectivity index (χ0v) is 7.52. The van der Waals surface area contributed by atoms with Crippen LogP contribution in [0.25, 0.3) is 0 Å². The average Bonchev–Trinajstić information content (AvgIpc) is 1.86. The van der Waals surface area contributed by atoms with Crippen LogP contribution in [0.2, 0.25) is 0 Å². The van der Waals surface area contributed by atoms with Crippen molar-refractivity contribution in [2.75, 3.05) is 14.2 Å². The molecule has 1 saturated carbocycles. The summed E-state index contributed by atoms with van der Waals surface area (Å²) in [5.41, 5.74) is 0. The largest absolute Gasteiger partial charge is 0.380 e. The molecule has 66 valence electrons. The van der Waals surface area contributed by atoms with Gasteiger partial charge >= 0.3 is 0 Å². The number of methoxy groups -OCH3 is 1. The molecule has 0 spiro atoms. The summed E-state index contributed by atoms with van der Waals surface area (Å²) >= 11 is 0. The SMILES string of the molecule is CNS(=O)(=O)C1CCC1OC. The Labute approximate surface area is 67.0 Å². The molecule has 11 heavy (non-hydrogen) atoms. The van der Waals surface area contributed by atoms with Crippen LogP contribution in [-0.2, 0) is 14.8 Å². The fourth-order valence-electron chi connectivity index (χ4n) is 1.21. The standard InChI is InChI=1S/C6H13NO3S/c1-7-11(8,9)6-4-3-5(6)10-2/h5-7H,3-4H2,1-2H3. The fraction of sp³-hybridized carbons (Fsp3) is 1.00. The minimum Gasteiger partial charge on any atom is -0.380 e. The van der Waals surface area contributed by atoms with E-state index in [1.54, 1.807) is 7.11 Å². The van der Waals surface area contributed by atoms with E-state index in [0.29, 0.717) is 6.42 Å². The molecule has 1 aliphatic carbocycles. The van der Waals surface area contributed by atoms with Crippen molar-refractivity contribution in [2.24, 2.45) is 0 Å². The van der Waals surface area contributed by atoms with E-state index in [2.05, 4.69) is 4.72 Å². The lowest BCUT2D eigenvalue weighted by Gasteiger charge is -2.34. The second-order valence-electron chi connectivity index (χ2n) is 2.64. The van der Waals surface area contributed by atoms with Crippen LogP contribution in [0.15, 0.2) is 0 Å². The first kappa shape index (κ1) is 8.96. The van der Waals surface area contributed by atoms with Gasteiger partial charge in [-0.15, -0.1) is 0 Å². The summed E-state index contributed by atoms with van der Waals surface area (Å²) in [4.78, 5) is 0. The van der Waals surface area contributed by atoms with Crippen molar-refractivity contribution in [1.29, 1.82) is 0 Å². The molecule has 2 unspecified atom stereocenters. The molecule has 0 bridgehead atoms. The summed E-state index contributed by atoms with van der Waals surface area (Å²) in [7, 11) is -0.123. The number of nitrogens with one attached hydrogen (secondary N) is 1. The van der Waals surface area contributed by atoms with E-state index in [9.17, 15) is 8.42 Å². The number of hydrogen-bond donors (Lipinski definition) is 1. The topological polar surface area (TPSA) is 55.4 Å². The lowest BCUT2D eigenvalue weighted by atomic mass is 9.95. The van der Waals surface area contributed by atoms with Gasteiger partial charge in [0.15, 0.2) is 0 Å². The van der Waals surface area contributed by atoms with E-state index >= 15 is 0 Å². The summed E-state index contributed by atoms with van der Waals surface area (Å²) in [6, 6.07) is 0. The molecule has 0 radical (unpaired) electrons. The van der Waals surface area contributed by atoms with Crippen molar-refractivity contribution in [3.8, 4) is 0 Å². The molecule has 0 saturated heterocycles. The Bertz CT molecular complexity index is 222. The van der Waals surface area contributed by atoms with Gasteiger partial charge < -0.3 is 4.74 Å². The minimum atomic E-state index is -3.10. The maximum absolute atomic E-state index is 11.2. The van der Waals surface area contributed by atoms with E-state index < -0.39 is 10.0 Å². The normalized spacial score (nSPS) is 31.5. The smallest absolute Gasteiger partial charge is 0.216 e. The lowest BCUT2D eigenvalue weighted by molar-refractivity contribution is 0.0447. The van der Waals surface area contributed by atoms with Crippen molar-refractivity contribution < 1.29 is 13.2 Å². The first-order valence-corrected chi connectivity index (χ1v) is 5.11. The van der Waals surface area contributed by atoms with E-state index in [0.717, 1.165) is 6.42 Å². The van der Waals surface area contributed by atoms with Crippen molar-refractivity contribution in [2.45, 2.75) is 24.2 Å². The van der Waals surface area contributed by atoms with Crippen molar-refractivity contribution >= 4 is 10.0 Å². The molecule has 0 aromatic rings. The summed E-state index contributed by atoms with van der Waals surface area (Å²) in [5.74, 6) is 0. The Kier molecular flexibility index (Phi) is 2.51. The van der Waals surface area contributed by atoms with E-state index in [1.165, 1.54) is 7.05 Å². The Balaban J connectivity index is 2.62. The molecule has 2 atom stereocenters. The van der Waals surface area contributed by atoms with Crippen LogP contribution >= 0.6 is 0 Å². The fourth-order valence-corrected chi connectivity index (χ4v) is 2.61. The molecular formula is C6H13NO3S. The molecule has 4 nitrogen and oxygen atoms in total. The molecule has 0 heterocycles. The minimum absolute atomic E-state index is 0.104. The maximum Gasteiger partial charge on any atom is 0.216 e. The molecule has 5 heteroatoms. The van der Waals surface area contributed by atoms with Gasteiger partial charge in [-0.2, -0.15) is 0 Å². The Morgan fingerprint density at radius 3 is 2.36 bits per heavy atom. The number of sulfonamides is 1. The highest BCUT2D eigenvalue weighted by Crippen LogP contribution is 2.28. The Morgan fingerprint density at radius 1 is 1.45 bits per heavy atom. The van der Waals surface area contributed by atoms with Gasteiger partial charge in [0.05, 0.1) is 6.10 Å². The third-order valence-electron chi connectivity index (χ3n) is 2.14. The van der Waals surface area contributed by atoms with Crippen LogP contribution in [0.1, 0.15) is 12.8 Å². The highest BCUT2D eigenvalue weighted by Gasteiger charge is 2.40.